The molecule has 1 saturated heterocycles. The van der Waals surface area contributed by atoms with Gasteiger partial charge in [-0.25, -0.2) is 0 Å². The number of hydrogen-bond acceptors (Lipinski definition) is 6. The van der Waals surface area contributed by atoms with E-state index in [0.29, 0.717) is 5.56 Å². The van der Waals surface area contributed by atoms with Gasteiger partial charge in [-0.05, 0) is 42.5 Å². The average Bonchev–Trinajstić information content (AvgIpc) is 3.10. The Bertz CT molecular complexity index is 758. The number of nitrogens with one attached hydrogen (secondary N) is 1. The fourth-order valence-electron chi connectivity index (χ4n) is 2.54. The molecule has 7 nitrogen and oxygen atoms in total. The molecule has 1 aromatic carbocycles. The van der Waals surface area contributed by atoms with E-state index in [-0.39, 0.29) is 17.4 Å². The highest BCUT2D eigenvalue weighted by atomic mass is 16.6. The highest BCUT2D eigenvalue weighted by molar-refractivity contribution is 6.06. The van der Waals surface area contributed by atoms with E-state index >= 15 is 0 Å². The minimum absolute atomic E-state index is 0.180. The highest BCUT2D eigenvalue weighted by Gasteiger charge is 2.12. The topological polar surface area (TPSA) is 88.6 Å². The molecule has 0 radical (unpaired) electrons. The Morgan fingerprint density at radius 1 is 1.17 bits per heavy atom. The van der Waals surface area contributed by atoms with Crippen LogP contribution in [0.4, 0.5) is 11.6 Å². The van der Waals surface area contributed by atoms with Crippen LogP contribution in [0.2, 0.25) is 0 Å². The first-order valence-corrected chi connectivity index (χ1v) is 7.66. The lowest BCUT2D eigenvalue weighted by Crippen LogP contribution is -2.43. The molecular formula is C17H17N3O4. The predicted octanol–water partition coefficient (Wildman–Crippen LogP) is 2.49. The molecule has 0 amide bonds. The number of nitrogens with zero attached hydrogens (tertiary/aromatic N) is 2. The normalized spacial score (nSPS) is 14.9. The third kappa shape index (κ3) is 3.69. The van der Waals surface area contributed by atoms with Gasteiger partial charge < -0.3 is 14.6 Å². The Hall–Kier alpha value is -2.93. The Kier molecular flexibility index (Phi) is 4.72. The van der Waals surface area contributed by atoms with E-state index in [0.717, 1.165) is 31.9 Å². The second kappa shape index (κ2) is 7.10. The van der Waals surface area contributed by atoms with Crippen molar-refractivity contribution in [2.45, 2.75) is 0 Å². The lowest BCUT2D eigenvalue weighted by molar-refractivity contribution is -0.402. The summed E-state index contributed by atoms with van der Waals surface area (Å²) >= 11 is 0. The van der Waals surface area contributed by atoms with E-state index in [1.54, 1.807) is 12.1 Å². The van der Waals surface area contributed by atoms with Crippen molar-refractivity contribution in [2.75, 3.05) is 31.1 Å². The average molecular weight is 327 g/mol. The molecule has 1 fully saturated rings. The molecule has 124 valence electrons. The van der Waals surface area contributed by atoms with Crippen LogP contribution >= 0.6 is 0 Å². The molecule has 1 aliphatic heterocycles. The molecule has 1 aromatic heterocycles. The highest BCUT2D eigenvalue weighted by Crippen LogP contribution is 2.18. The van der Waals surface area contributed by atoms with Crippen molar-refractivity contribution in [1.82, 2.24) is 5.32 Å². The molecule has 1 N–H and O–H groups in total. The molecule has 24 heavy (non-hydrogen) atoms. The maximum Gasteiger partial charge on any atom is 0.433 e. The van der Waals surface area contributed by atoms with Crippen molar-refractivity contribution in [2.24, 2.45) is 0 Å². The molecule has 7 heteroatoms. The minimum Gasteiger partial charge on any atom is -0.401 e. The fourth-order valence-corrected chi connectivity index (χ4v) is 2.54. The van der Waals surface area contributed by atoms with Crippen LogP contribution in [0.1, 0.15) is 16.1 Å². The van der Waals surface area contributed by atoms with Crippen LogP contribution in [-0.2, 0) is 0 Å². The van der Waals surface area contributed by atoms with Crippen molar-refractivity contribution < 1.29 is 14.1 Å². The number of furan rings is 1. The van der Waals surface area contributed by atoms with Crippen molar-refractivity contribution in [3.8, 4) is 0 Å². The molecule has 2 heterocycles. The molecule has 0 spiro atoms. The van der Waals surface area contributed by atoms with Gasteiger partial charge in [0.05, 0.1) is 6.07 Å². The van der Waals surface area contributed by atoms with Crippen molar-refractivity contribution in [3.05, 3.63) is 63.9 Å². The van der Waals surface area contributed by atoms with Crippen molar-refractivity contribution >= 4 is 23.4 Å². The number of rotatable bonds is 5. The molecule has 3 rings (SSSR count). The van der Waals surface area contributed by atoms with Gasteiger partial charge in [-0.15, -0.1) is 0 Å². The zero-order chi connectivity index (χ0) is 16.9. The summed E-state index contributed by atoms with van der Waals surface area (Å²) in [6.07, 6.45) is 2.78. The van der Waals surface area contributed by atoms with E-state index in [2.05, 4.69) is 10.2 Å². The number of piperazine rings is 1. The SMILES string of the molecule is O=C(/C=C/c1ccc([N+](=O)[O-])o1)c1ccc(N2CCNCC2)cc1. The minimum atomic E-state index is -0.617. The van der Waals surface area contributed by atoms with Crippen LogP contribution in [0, 0.1) is 10.1 Å². The largest absolute Gasteiger partial charge is 0.433 e. The van der Waals surface area contributed by atoms with Gasteiger partial charge in [0.15, 0.2) is 5.78 Å². The second-order valence-corrected chi connectivity index (χ2v) is 5.41. The zero-order valence-electron chi connectivity index (χ0n) is 13.0. The first kappa shape index (κ1) is 15.9. The van der Waals surface area contributed by atoms with E-state index in [1.807, 2.05) is 12.1 Å². The first-order chi connectivity index (χ1) is 11.6. The smallest absolute Gasteiger partial charge is 0.401 e. The van der Waals surface area contributed by atoms with Crippen molar-refractivity contribution in [1.29, 1.82) is 0 Å². The number of anilines is 1. The Labute approximate surface area is 138 Å². The zero-order valence-corrected chi connectivity index (χ0v) is 13.0. The number of carbonyl (C=O) groups is 1. The van der Waals surface area contributed by atoms with Crippen LogP contribution in [0.25, 0.3) is 6.08 Å². The third-order valence-corrected chi connectivity index (χ3v) is 3.83. The summed E-state index contributed by atoms with van der Waals surface area (Å²) in [5, 5.41) is 13.8. The second-order valence-electron chi connectivity index (χ2n) is 5.41. The molecule has 0 bridgehead atoms. The van der Waals surface area contributed by atoms with E-state index < -0.39 is 4.92 Å². The fraction of sp³-hybridized carbons (Fsp3) is 0.235. The summed E-state index contributed by atoms with van der Waals surface area (Å²) in [7, 11) is 0. The van der Waals surface area contributed by atoms with Gasteiger partial charge in [0.2, 0.25) is 0 Å². The quantitative estimate of drug-likeness (QED) is 0.393. The summed E-state index contributed by atoms with van der Waals surface area (Å²) in [6, 6.07) is 10.2. The molecule has 2 aromatic rings. The molecule has 0 saturated carbocycles. The third-order valence-electron chi connectivity index (χ3n) is 3.83. The van der Waals surface area contributed by atoms with E-state index in [4.69, 9.17) is 4.42 Å². The summed E-state index contributed by atoms with van der Waals surface area (Å²) in [6.45, 7) is 3.81. The van der Waals surface area contributed by atoms with Gasteiger partial charge in [0, 0.05) is 37.4 Å². The molecule has 0 aliphatic carbocycles. The Balaban J connectivity index is 1.65. The first-order valence-electron chi connectivity index (χ1n) is 7.66. The number of nitro groups is 1. The van der Waals surface area contributed by atoms with Crippen LogP contribution < -0.4 is 10.2 Å². The lowest BCUT2D eigenvalue weighted by Gasteiger charge is -2.29. The van der Waals surface area contributed by atoms with Gasteiger partial charge >= 0.3 is 5.88 Å². The van der Waals surface area contributed by atoms with E-state index in [1.165, 1.54) is 24.3 Å². The number of benzene rings is 1. The summed E-state index contributed by atoms with van der Waals surface area (Å²) in [5.74, 6) is -0.254. The van der Waals surface area contributed by atoms with Crippen LogP contribution in [0.15, 0.2) is 46.9 Å². The van der Waals surface area contributed by atoms with Gasteiger partial charge in [-0.3, -0.25) is 14.9 Å². The maximum absolute atomic E-state index is 12.2. The maximum atomic E-state index is 12.2. The molecule has 0 unspecified atom stereocenters. The summed E-state index contributed by atoms with van der Waals surface area (Å²) in [5.41, 5.74) is 1.66. The van der Waals surface area contributed by atoms with Crippen LogP contribution in [-0.4, -0.2) is 36.9 Å². The number of ketones is 1. The lowest BCUT2D eigenvalue weighted by atomic mass is 10.1. The van der Waals surface area contributed by atoms with Gasteiger partial charge in [-0.1, -0.05) is 0 Å². The summed E-state index contributed by atoms with van der Waals surface area (Å²) in [4.78, 5) is 24.4. The van der Waals surface area contributed by atoms with Crippen molar-refractivity contribution in [3.63, 3.8) is 0 Å². The van der Waals surface area contributed by atoms with Gasteiger partial charge in [0.25, 0.3) is 0 Å². The standard InChI is InChI=1S/C17H17N3O4/c21-16(7-5-15-6-8-17(24-15)20(22)23)13-1-3-14(4-2-13)19-11-9-18-10-12-19/h1-8,18H,9-12H2/b7-5+. The Morgan fingerprint density at radius 3 is 2.50 bits per heavy atom. The number of carbonyl (C=O) groups excluding carboxylic acids is 1. The molecular weight excluding hydrogens is 310 g/mol. The monoisotopic (exact) mass is 327 g/mol. The van der Waals surface area contributed by atoms with Crippen LogP contribution in [0.3, 0.4) is 0 Å². The predicted molar refractivity (Wildman–Crippen MR) is 90.3 cm³/mol. The number of allylic oxidation sites excluding steroid dienone is 1. The summed E-state index contributed by atoms with van der Waals surface area (Å²) < 4.78 is 4.98. The van der Waals surface area contributed by atoms with Gasteiger partial charge in [-0.2, -0.15) is 0 Å². The Morgan fingerprint density at radius 2 is 1.88 bits per heavy atom. The number of hydrogen-bond donors (Lipinski definition) is 1. The molecule has 1 aliphatic rings. The van der Waals surface area contributed by atoms with Gasteiger partial charge in [0.1, 0.15) is 10.7 Å². The molecule has 0 atom stereocenters. The van der Waals surface area contributed by atoms with Crippen LogP contribution in [0.5, 0.6) is 0 Å². The van der Waals surface area contributed by atoms with E-state index in [9.17, 15) is 14.9 Å².